The summed E-state index contributed by atoms with van der Waals surface area (Å²) in [5, 5.41) is 2.31. The third kappa shape index (κ3) is 7.60. The first-order valence-corrected chi connectivity index (χ1v) is 13.8. The molecule has 0 heterocycles. The quantitative estimate of drug-likeness (QED) is 0.189. The lowest BCUT2D eigenvalue weighted by Crippen LogP contribution is -2.61. The van der Waals surface area contributed by atoms with E-state index in [0.717, 1.165) is 22.8 Å². The lowest BCUT2D eigenvalue weighted by molar-refractivity contribution is -0.129. The maximum absolute atomic E-state index is 12.4. The Morgan fingerprint density at radius 1 is 0.767 bits per heavy atom. The van der Waals surface area contributed by atoms with Crippen LogP contribution in [0.2, 0.25) is 6.04 Å². The van der Waals surface area contributed by atoms with Gasteiger partial charge in [0, 0.05) is 6.08 Å². The molecule has 0 aromatic heterocycles. The van der Waals surface area contributed by atoms with Crippen LogP contribution in [0.15, 0.2) is 73.3 Å². The lowest BCUT2D eigenvalue weighted by Gasteiger charge is -2.31. The molecule has 0 N–H and O–H groups in total. The van der Waals surface area contributed by atoms with Gasteiger partial charge in [-0.3, -0.25) is 0 Å². The Morgan fingerprint density at radius 3 is 1.63 bits per heavy atom. The Kier molecular flexibility index (Phi) is 11.2. The van der Waals surface area contributed by atoms with Crippen molar-refractivity contribution in [1.82, 2.24) is 0 Å². The normalized spacial score (nSPS) is 11.2. The number of benzene rings is 2. The fourth-order valence-corrected chi connectivity index (χ4v) is 8.00. The molecule has 0 radical (unpaired) electrons. The summed E-state index contributed by atoms with van der Waals surface area (Å²) in [6, 6.07) is 21.6. The number of hydrogen-bond acceptors (Lipinski definition) is 2. The van der Waals surface area contributed by atoms with Crippen molar-refractivity contribution in [2.24, 2.45) is 0 Å². The van der Waals surface area contributed by atoms with Crippen LogP contribution in [0.3, 0.4) is 0 Å². The zero-order valence-electron chi connectivity index (χ0n) is 18.7. The average molecular weight is 423 g/mol. The van der Waals surface area contributed by atoms with E-state index in [-0.39, 0.29) is 5.97 Å². The van der Waals surface area contributed by atoms with E-state index in [0.29, 0.717) is 0 Å². The Labute approximate surface area is 184 Å². The third-order valence-electron chi connectivity index (χ3n) is 5.80. The lowest BCUT2D eigenvalue weighted by atomic mass is 10.1. The van der Waals surface area contributed by atoms with Gasteiger partial charge in [0.15, 0.2) is 0 Å². The van der Waals surface area contributed by atoms with Gasteiger partial charge in [0.25, 0.3) is 0 Å². The molecule has 0 bridgehead atoms. The van der Waals surface area contributed by atoms with Gasteiger partial charge in [-0.05, 0) is 16.4 Å². The van der Waals surface area contributed by atoms with Crippen molar-refractivity contribution in [2.45, 2.75) is 77.2 Å². The molecule has 0 aliphatic rings. The molecule has 0 spiro atoms. The van der Waals surface area contributed by atoms with E-state index in [1.54, 1.807) is 0 Å². The molecule has 2 nitrogen and oxygen atoms in total. The largest absolute Gasteiger partial charge is 0.507 e. The van der Waals surface area contributed by atoms with Gasteiger partial charge < -0.3 is 4.43 Å². The zero-order chi connectivity index (χ0) is 21.5. The number of hydrogen-bond donors (Lipinski definition) is 0. The maximum atomic E-state index is 12.4. The molecule has 0 unspecified atom stereocenters. The Bertz CT molecular complexity index is 688. The van der Waals surface area contributed by atoms with Crippen LogP contribution < -0.4 is 10.4 Å². The minimum atomic E-state index is -2.64. The monoisotopic (exact) mass is 422 g/mol. The van der Waals surface area contributed by atoms with Crippen LogP contribution in [0.25, 0.3) is 0 Å². The molecule has 0 aliphatic carbocycles. The Balaban J connectivity index is 2.01. The summed E-state index contributed by atoms with van der Waals surface area (Å²) in [6.45, 7) is 5.90. The van der Waals surface area contributed by atoms with Crippen LogP contribution in [-0.2, 0) is 9.22 Å². The molecule has 0 amide bonds. The summed E-state index contributed by atoms with van der Waals surface area (Å²) in [7, 11) is -2.64. The number of rotatable bonds is 15. The first-order valence-electron chi connectivity index (χ1n) is 11.7. The summed E-state index contributed by atoms with van der Waals surface area (Å²) in [5.74, 6) is -0.318. The Hall–Kier alpha value is -2.13. The fraction of sp³-hybridized carbons (Fsp3) is 0.444. The van der Waals surface area contributed by atoms with Crippen molar-refractivity contribution in [3.63, 3.8) is 0 Å². The molecule has 2 rings (SSSR count). The Morgan fingerprint density at radius 2 is 1.20 bits per heavy atom. The van der Waals surface area contributed by atoms with E-state index >= 15 is 0 Å². The average Bonchev–Trinajstić information content (AvgIpc) is 2.80. The molecule has 0 aliphatic heterocycles. The van der Waals surface area contributed by atoms with Gasteiger partial charge in [0.2, 0.25) is 0 Å². The van der Waals surface area contributed by atoms with Crippen LogP contribution >= 0.6 is 0 Å². The second-order valence-electron chi connectivity index (χ2n) is 8.12. The van der Waals surface area contributed by atoms with Gasteiger partial charge in [0.05, 0.1) is 0 Å². The third-order valence-corrected chi connectivity index (χ3v) is 9.94. The molecule has 2 aromatic rings. The molecular formula is C27H38O2Si. The van der Waals surface area contributed by atoms with Gasteiger partial charge in [-0.25, -0.2) is 4.79 Å². The maximum Gasteiger partial charge on any atom is 0.318 e. The predicted molar refractivity (Wildman–Crippen MR) is 131 cm³/mol. The molecular weight excluding hydrogens is 384 g/mol. The second-order valence-corrected chi connectivity index (χ2v) is 11.6. The van der Waals surface area contributed by atoms with Gasteiger partial charge in [-0.1, -0.05) is 138 Å². The highest BCUT2D eigenvalue weighted by Crippen LogP contribution is 2.20. The van der Waals surface area contributed by atoms with Crippen LogP contribution in [0.4, 0.5) is 0 Å². The van der Waals surface area contributed by atoms with Crippen LogP contribution in [0, 0.1) is 0 Å². The summed E-state index contributed by atoms with van der Waals surface area (Å²) in [5.41, 5.74) is 0. The van der Waals surface area contributed by atoms with Gasteiger partial charge in [0.1, 0.15) is 0 Å². The van der Waals surface area contributed by atoms with Crippen molar-refractivity contribution in [1.29, 1.82) is 0 Å². The molecule has 0 atom stereocenters. The van der Waals surface area contributed by atoms with Gasteiger partial charge in [-0.2, -0.15) is 0 Å². The molecule has 0 fully saturated rings. The predicted octanol–water partition coefficient (Wildman–Crippen LogP) is 6.40. The molecule has 30 heavy (non-hydrogen) atoms. The van der Waals surface area contributed by atoms with Crippen LogP contribution in [0.1, 0.15) is 71.1 Å². The van der Waals surface area contributed by atoms with Gasteiger partial charge >= 0.3 is 14.3 Å². The molecule has 0 saturated carbocycles. The van der Waals surface area contributed by atoms with Crippen molar-refractivity contribution < 1.29 is 9.22 Å². The van der Waals surface area contributed by atoms with Crippen molar-refractivity contribution >= 4 is 24.7 Å². The minimum absolute atomic E-state index is 0.318. The number of carbonyl (C=O) groups excluding carboxylic acids is 1. The zero-order valence-corrected chi connectivity index (χ0v) is 19.7. The minimum Gasteiger partial charge on any atom is -0.507 e. The highest BCUT2D eigenvalue weighted by Gasteiger charge is 2.42. The summed E-state index contributed by atoms with van der Waals surface area (Å²) < 4.78 is 6.22. The highest BCUT2D eigenvalue weighted by atomic mass is 28.4. The molecule has 2 aromatic carbocycles. The van der Waals surface area contributed by atoms with Crippen LogP contribution in [-0.4, -0.2) is 14.3 Å². The number of carbonyl (C=O) groups is 1. The first-order chi connectivity index (χ1) is 14.7. The topological polar surface area (TPSA) is 26.3 Å². The van der Waals surface area contributed by atoms with Crippen molar-refractivity contribution in [3.05, 3.63) is 73.3 Å². The standard InChI is InChI=1S/C27H38O2Si/c1-3-5-6-7-8-9-10-11-12-19-24-30(29-27(28)4-2,25-20-15-13-16-21-25)26-22-17-14-18-23-26/h4,13-18,20-23H,2-3,5-12,19,24H2,1H3. The van der Waals surface area contributed by atoms with Gasteiger partial charge in [-0.15, -0.1) is 0 Å². The summed E-state index contributed by atoms with van der Waals surface area (Å²) >= 11 is 0. The first kappa shape index (κ1) is 24.1. The fourth-order valence-electron chi connectivity index (χ4n) is 4.11. The van der Waals surface area contributed by atoms with E-state index in [1.807, 2.05) is 36.4 Å². The van der Waals surface area contributed by atoms with E-state index in [2.05, 4.69) is 37.8 Å². The van der Waals surface area contributed by atoms with Crippen molar-refractivity contribution in [3.8, 4) is 0 Å². The SMILES string of the molecule is C=CC(=O)O[Si](CCCCCCCCCCCC)(c1ccccc1)c1ccccc1. The van der Waals surface area contributed by atoms with E-state index < -0.39 is 8.32 Å². The smallest absolute Gasteiger partial charge is 0.318 e. The van der Waals surface area contributed by atoms with E-state index in [1.165, 1.54) is 63.9 Å². The summed E-state index contributed by atoms with van der Waals surface area (Å²) in [6.07, 6.45) is 14.3. The molecule has 0 saturated heterocycles. The van der Waals surface area contributed by atoms with Crippen molar-refractivity contribution in [2.75, 3.05) is 0 Å². The molecule has 162 valence electrons. The number of unbranched alkanes of at least 4 members (excludes halogenated alkanes) is 9. The van der Waals surface area contributed by atoms with E-state index in [9.17, 15) is 4.79 Å². The van der Waals surface area contributed by atoms with E-state index in [4.69, 9.17) is 4.43 Å². The second kappa shape index (κ2) is 14.0. The highest BCUT2D eigenvalue weighted by molar-refractivity contribution is 6.98. The molecule has 3 heteroatoms. The summed E-state index contributed by atoms with van der Waals surface area (Å²) in [4.78, 5) is 12.4. The van der Waals surface area contributed by atoms with Crippen LogP contribution in [0.5, 0.6) is 0 Å².